The molecule has 0 heterocycles. The Labute approximate surface area is 180 Å². The molecule has 0 saturated carbocycles. The van der Waals surface area contributed by atoms with E-state index < -0.39 is 31.4 Å². The predicted octanol–water partition coefficient (Wildman–Crippen LogP) is 3.58. The molecule has 0 amide bonds. The normalized spacial score (nSPS) is 12.1. The highest BCUT2D eigenvalue weighted by Crippen LogP contribution is 2.23. The van der Waals surface area contributed by atoms with Crippen LogP contribution < -0.4 is 0 Å². The largest absolute Gasteiger partial charge is 0.269 e. The number of benzene rings is 2. The van der Waals surface area contributed by atoms with Crippen LogP contribution in [0, 0.1) is 31.6 Å². The standard InChI is InChI=1S/C9H8N2O3S.C8H8BrNO3S/c1-15(14)6-8-4-9(11(12)13)3-2-7(8)5-10;1-14(13)5-6-4-7(10(11)12)2-3-8(6)9/h2-4H,6H2,1H3;2-4H,5H2,1H3. The summed E-state index contributed by atoms with van der Waals surface area (Å²) in [6.07, 6.45) is 3.05. The molecule has 2 aromatic rings. The third kappa shape index (κ3) is 8.18. The molecule has 0 aliphatic carbocycles. The van der Waals surface area contributed by atoms with E-state index in [0.29, 0.717) is 22.4 Å². The molecule has 0 saturated heterocycles. The molecule has 9 nitrogen and oxygen atoms in total. The number of nitrogens with zero attached hydrogens (tertiary/aromatic N) is 3. The van der Waals surface area contributed by atoms with Crippen molar-refractivity contribution in [2.24, 2.45) is 0 Å². The zero-order chi connectivity index (χ0) is 22.1. The molecule has 2 rings (SSSR count). The van der Waals surface area contributed by atoms with Crippen LogP contribution in [0.1, 0.15) is 16.7 Å². The zero-order valence-electron chi connectivity index (χ0n) is 15.4. The van der Waals surface area contributed by atoms with E-state index in [1.165, 1.54) is 36.6 Å². The van der Waals surface area contributed by atoms with Crippen LogP contribution in [-0.2, 0) is 33.1 Å². The Morgan fingerprint density at radius 1 is 0.931 bits per heavy atom. The highest BCUT2D eigenvalue weighted by Gasteiger charge is 2.11. The first-order valence-corrected chi connectivity index (χ1v) is 12.0. The lowest BCUT2D eigenvalue weighted by Gasteiger charge is -2.01. The number of nitro groups is 2. The van der Waals surface area contributed by atoms with Crippen LogP contribution in [0.2, 0.25) is 0 Å². The second-order valence-electron chi connectivity index (χ2n) is 5.68. The maximum absolute atomic E-state index is 11.0. The third-order valence-corrected chi connectivity index (χ3v) is 5.59. The molecule has 0 aliphatic heterocycles. The Bertz CT molecular complexity index is 1020. The van der Waals surface area contributed by atoms with Gasteiger partial charge >= 0.3 is 0 Å². The average Bonchev–Trinajstić information content (AvgIpc) is 2.63. The Kier molecular flexibility index (Phi) is 9.73. The van der Waals surface area contributed by atoms with Crippen molar-refractivity contribution in [3.63, 3.8) is 0 Å². The summed E-state index contributed by atoms with van der Waals surface area (Å²) in [7, 11) is -2.12. The Balaban J connectivity index is 0.000000291. The van der Waals surface area contributed by atoms with Gasteiger partial charge in [0.05, 0.1) is 21.5 Å². The first-order valence-electron chi connectivity index (χ1n) is 7.75. The van der Waals surface area contributed by atoms with E-state index in [0.717, 1.165) is 4.47 Å². The lowest BCUT2D eigenvalue weighted by molar-refractivity contribution is -0.385. The second kappa shape index (κ2) is 11.5. The van der Waals surface area contributed by atoms with Crippen molar-refractivity contribution in [1.29, 1.82) is 5.26 Å². The summed E-state index contributed by atoms with van der Waals surface area (Å²) in [5.41, 5.74) is 1.41. The summed E-state index contributed by atoms with van der Waals surface area (Å²) in [4.78, 5) is 19.9. The minimum atomic E-state index is -1.12. The summed E-state index contributed by atoms with van der Waals surface area (Å²) in [6, 6.07) is 10.3. The van der Waals surface area contributed by atoms with Gasteiger partial charge in [0.1, 0.15) is 0 Å². The van der Waals surface area contributed by atoms with Gasteiger partial charge in [-0.15, -0.1) is 0 Å². The molecule has 29 heavy (non-hydrogen) atoms. The van der Waals surface area contributed by atoms with Crippen molar-refractivity contribution >= 4 is 48.9 Å². The van der Waals surface area contributed by atoms with Gasteiger partial charge in [0.2, 0.25) is 0 Å². The van der Waals surface area contributed by atoms with Gasteiger partial charge in [0.25, 0.3) is 11.4 Å². The fourth-order valence-electron chi connectivity index (χ4n) is 2.15. The van der Waals surface area contributed by atoms with E-state index in [1.54, 1.807) is 12.3 Å². The van der Waals surface area contributed by atoms with Gasteiger partial charge in [-0.25, -0.2) is 0 Å². The van der Waals surface area contributed by atoms with E-state index in [-0.39, 0.29) is 17.1 Å². The number of halogens is 1. The summed E-state index contributed by atoms with van der Waals surface area (Å²) >= 11 is 3.25. The molecule has 0 radical (unpaired) electrons. The molecule has 12 heteroatoms. The number of hydrogen-bond donors (Lipinski definition) is 0. The first-order chi connectivity index (χ1) is 13.5. The molecule has 0 N–H and O–H groups in total. The molecule has 0 bridgehead atoms. The number of nitriles is 1. The van der Waals surface area contributed by atoms with E-state index in [1.807, 2.05) is 6.07 Å². The highest BCUT2D eigenvalue weighted by molar-refractivity contribution is 9.10. The minimum Gasteiger partial charge on any atom is -0.260 e. The maximum atomic E-state index is 11.0. The summed E-state index contributed by atoms with van der Waals surface area (Å²) < 4.78 is 22.7. The van der Waals surface area contributed by atoms with Crippen LogP contribution >= 0.6 is 15.9 Å². The predicted molar refractivity (Wildman–Crippen MR) is 114 cm³/mol. The van der Waals surface area contributed by atoms with Gasteiger partial charge in [-0.1, -0.05) is 15.9 Å². The smallest absolute Gasteiger partial charge is 0.260 e. The van der Waals surface area contributed by atoms with Crippen LogP contribution in [0.4, 0.5) is 11.4 Å². The highest BCUT2D eigenvalue weighted by atomic mass is 79.9. The maximum Gasteiger partial charge on any atom is 0.269 e. The van der Waals surface area contributed by atoms with E-state index in [4.69, 9.17) is 5.26 Å². The number of non-ortho nitro benzene ring substituents is 2. The lowest BCUT2D eigenvalue weighted by atomic mass is 10.1. The van der Waals surface area contributed by atoms with Gasteiger partial charge in [-0.3, -0.25) is 28.6 Å². The monoisotopic (exact) mass is 501 g/mol. The van der Waals surface area contributed by atoms with Crippen molar-refractivity contribution < 1.29 is 18.3 Å². The number of nitro benzene ring substituents is 2. The summed E-state index contributed by atoms with van der Waals surface area (Å²) in [6.45, 7) is 0. The Hall–Kier alpha value is -2.49. The number of rotatable bonds is 6. The first kappa shape index (κ1) is 24.5. The third-order valence-electron chi connectivity index (χ3n) is 3.38. The topological polar surface area (TPSA) is 144 Å². The minimum absolute atomic E-state index is 0.0219. The fourth-order valence-corrected chi connectivity index (χ4v) is 4.07. The van der Waals surface area contributed by atoms with Crippen molar-refractivity contribution in [1.82, 2.24) is 0 Å². The number of hydrogen-bond acceptors (Lipinski definition) is 7. The SMILES string of the molecule is CS(=O)Cc1cc([N+](=O)[O-])ccc1Br.CS(=O)Cc1cc([N+](=O)[O-])ccc1C#N. The van der Waals surface area contributed by atoms with Crippen LogP contribution in [0.5, 0.6) is 0 Å². The van der Waals surface area contributed by atoms with Gasteiger partial charge in [0.15, 0.2) is 0 Å². The quantitative estimate of drug-likeness (QED) is 0.434. The van der Waals surface area contributed by atoms with E-state index in [2.05, 4.69) is 15.9 Å². The van der Waals surface area contributed by atoms with Gasteiger partial charge < -0.3 is 0 Å². The van der Waals surface area contributed by atoms with E-state index in [9.17, 15) is 28.6 Å². The van der Waals surface area contributed by atoms with Crippen molar-refractivity contribution in [2.45, 2.75) is 11.5 Å². The second-order valence-corrected chi connectivity index (χ2v) is 9.40. The lowest BCUT2D eigenvalue weighted by Crippen LogP contribution is -1.98. The van der Waals surface area contributed by atoms with Crippen LogP contribution in [0.25, 0.3) is 0 Å². The molecule has 0 aliphatic rings. The molecular formula is C17H16BrN3O6S2. The molecule has 154 valence electrons. The molecular weight excluding hydrogens is 486 g/mol. The molecule has 0 aromatic heterocycles. The zero-order valence-corrected chi connectivity index (χ0v) is 18.6. The van der Waals surface area contributed by atoms with Crippen LogP contribution in [-0.4, -0.2) is 30.8 Å². The molecule has 0 spiro atoms. The van der Waals surface area contributed by atoms with Crippen LogP contribution in [0.15, 0.2) is 40.9 Å². The van der Waals surface area contributed by atoms with Crippen LogP contribution in [0.3, 0.4) is 0 Å². The molecule has 2 atom stereocenters. The fraction of sp³-hybridized carbons (Fsp3) is 0.235. The molecule has 2 unspecified atom stereocenters. The van der Waals surface area contributed by atoms with Gasteiger partial charge in [-0.2, -0.15) is 5.26 Å². The average molecular weight is 502 g/mol. The van der Waals surface area contributed by atoms with Crippen molar-refractivity contribution in [3.05, 3.63) is 77.8 Å². The summed E-state index contributed by atoms with van der Waals surface area (Å²) in [5.74, 6) is 0.479. The van der Waals surface area contributed by atoms with E-state index >= 15 is 0 Å². The van der Waals surface area contributed by atoms with Gasteiger partial charge in [0, 0.05) is 74.4 Å². The van der Waals surface area contributed by atoms with Gasteiger partial charge in [-0.05, 0) is 23.3 Å². The molecule has 0 fully saturated rings. The van der Waals surface area contributed by atoms with Crippen molar-refractivity contribution in [3.8, 4) is 6.07 Å². The molecule has 2 aromatic carbocycles. The van der Waals surface area contributed by atoms with Crippen molar-refractivity contribution in [2.75, 3.05) is 12.5 Å². The summed E-state index contributed by atoms with van der Waals surface area (Å²) in [5, 5.41) is 29.7. The Morgan fingerprint density at radius 2 is 1.38 bits per heavy atom. The Morgan fingerprint density at radius 3 is 1.83 bits per heavy atom.